The lowest BCUT2D eigenvalue weighted by atomic mass is 10.1. The molecule has 1 saturated heterocycles. The number of rotatable bonds is 3. The maximum atomic E-state index is 12.3. The summed E-state index contributed by atoms with van der Waals surface area (Å²) in [6, 6.07) is 3.36. The van der Waals surface area contributed by atoms with Crippen LogP contribution in [0.25, 0.3) is 10.9 Å². The van der Waals surface area contributed by atoms with Crippen LogP contribution in [0, 0.1) is 0 Å². The van der Waals surface area contributed by atoms with Crippen molar-refractivity contribution in [2.75, 3.05) is 25.1 Å². The van der Waals surface area contributed by atoms with Gasteiger partial charge < -0.3 is 24.9 Å². The van der Waals surface area contributed by atoms with Gasteiger partial charge in [0.15, 0.2) is 5.75 Å². The number of nitrogens with zero attached hydrogens (tertiary/aromatic N) is 2. The monoisotopic (exact) mass is 331 g/mol. The number of carboxylic acid groups (broad SMARTS) is 1. The summed E-state index contributed by atoms with van der Waals surface area (Å²) in [7, 11) is 1.51. The molecule has 2 aromatic rings. The molecule has 1 aliphatic rings. The number of aromatic nitrogens is 1. The zero-order valence-electron chi connectivity index (χ0n) is 13.1. The average Bonchev–Trinajstić information content (AvgIpc) is 2.61. The molecule has 0 spiro atoms. The Morgan fingerprint density at radius 3 is 2.62 bits per heavy atom. The SMILES string of the molecule is COc1c(N2CCC(=NO)CC2)ccc2c(=O)c(C(=O)O)c[nH]c12. The van der Waals surface area contributed by atoms with E-state index in [0.29, 0.717) is 37.2 Å². The summed E-state index contributed by atoms with van der Waals surface area (Å²) in [4.78, 5) is 28.3. The second-order valence-corrected chi connectivity index (χ2v) is 5.53. The Hall–Kier alpha value is -3.03. The number of anilines is 1. The quantitative estimate of drug-likeness (QED) is 0.582. The Morgan fingerprint density at radius 2 is 2.04 bits per heavy atom. The zero-order chi connectivity index (χ0) is 17.3. The maximum absolute atomic E-state index is 12.3. The molecule has 8 nitrogen and oxygen atoms in total. The van der Waals surface area contributed by atoms with Gasteiger partial charge in [0, 0.05) is 32.1 Å². The van der Waals surface area contributed by atoms with Crippen molar-refractivity contribution in [1.82, 2.24) is 4.98 Å². The molecule has 3 N–H and O–H groups in total. The van der Waals surface area contributed by atoms with E-state index in [0.717, 1.165) is 11.4 Å². The predicted molar refractivity (Wildman–Crippen MR) is 88.7 cm³/mol. The number of H-pyrrole nitrogens is 1. The maximum Gasteiger partial charge on any atom is 0.341 e. The highest BCUT2D eigenvalue weighted by Crippen LogP contribution is 2.35. The number of carbonyl (C=O) groups is 1. The molecular weight excluding hydrogens is 314 g/mol. The van der Waals surface area contributed by atoms with Crippen molar-refractivity contribution in [2.24, 2.45) is 5.16 Å². The molecule has 24 heavy (non-hydrogen) atoms. The van der Waals surface area contributed by atoms with Crippen molar-refractivity contribution in [3.8, 4) is 5.75 Å². The van der Waals surface area contributed by atoms with E-state index in [1.54, 1.807) is 12.1 Å². The Bertz CT molecular complexity index is 877. The third-order valence-corrected chi connectivity index (χ3v) is 4.24. The molecule has 8 heteroatoms. The highest BCUT2D eigenvalue weighted by molar-refractivity contribution is 5.96. The first kappa shape index (κ1) is 15.9. The molecule has 0 unspecified atom stereocenters. The molecule has 2 heterocycles. The van der Waals surface area contributed by atoms with E-state index in [1.807, 2.05) is 0 Å². The van der Waals surface area contributed by atoms with Crippen molar-refractivity contribution in [1.29, 1.82) is 0 Å². The lowest BCUT2D eigenvalue weighted by Crippen LogP contribution is -2.34. The number of hydrogen-bond donors (Lipinski definition) is 3. The molecule has 0 radical (unpaired) electrons. The largest absolute Gasteiger partial charge is 0.492 e. The first-order valence-corrected chi connectivity index (χ1v) is 7.47. The van der Waals surface area contributed by atoms with E-state index in [-0.39, 0.29) is 10.9 Å². The van der Waals surface area contributed by atoms with Crippen LogP contribution in [0.5, 0.6) is 5.75 Å². The fraction of sp³-hybridized carbons (Fsp3) is 0.312. The van der Waals surface area contributed by atoms with Gasteiger partial charge in [-0.05, 0) is 12.1 Å². The number of aromatic amines is 1. The van der Waals surface area contributed by atoms with E-state index in [1.165, 1.54) is 13.3 Å². The minimum absolute atomic E-state index is 0.269. The molecule has 1 aromatic heterocycles. The van der Waals surface area contributed by atoms with E-state index in [2.05, 4.69) is 15.0 Å². The lowest BCUT2D eigenvalue weighted by Gasteiger charge is -2.30. The standard InChI is InChI=1S/C16H17N3O5/c1-24-15-12(19-6-4-9(18-23)5-7-19)3-2-10-13(15)17-8-11(14(10)20)16(21)22/h2-3,8,23H,4-7H2,1H3,(H,17,20)(H,21,22). The van der Waals surface area contributed by atoms with Crippen molar-refractivity contribution in [2.45, 2.75) is 12.8 Å². The third-order valence-electron chi connectivity index (χ3n) is 4.24. The molecule has 0 aliphatic carbocycles. The molecule has 126 valence electrons. The second kappa shape index (κ2) is 6.23. The number of carboxylic acids is 1. The van der Waals surface area contributed by atoms with Gasteiger partial charge >= 0.3 is 5.97 Å². The first-order valence-electron chi connectivity index (χ1n) is 7.47. The Kier molecular flexibility index (Phi) is 4.11. The van der Waals surface area contributed by atoms with E-state index in [9.17, 15) is 9.59 Å². The van der Waals surface area contributed by atoms with Crippen LogP contribution in [-0.4, -0.2) is 47.2 Å². The summed E-state index contributed by atoms with van der Waals surface area (Å²) in [5, 5.41) is 21.4. The van der Waals surface area contributed by atoms with E-state index >= 15 is 0 Å². The van der Waals surface area contributed by atoms with Crippen molar-refractivity contribution >= 4 is 28.3 Å². The Morgan fingerprint density at radius 1 is 1.33 bits per heavy atom. The van der Waals surface area contributed by atoms with Gasteiger partial charge in [0.2, 0.25) is 5.43 Å². The minimum atomic E-state index is -1.27. The molecule has 3 rings (SSSR count). The first-order chi connectivity index (χ1) is 11.6. The van der Waals surface area contributed by atoms with Crippen molar-refractivity contribution in [3.05, 3.63) is 34.1 Å². The number of piperidine rings is 1. The summed E-state index contributed by atoms with van der Waals surface area (Å²) >= 11 is 0. The number of benzene rings is 1. The predicted octanol–water partition coefficient (Wildman–Crippen LogP) is 1.67. The molecule has 1 aromatic carbocycles. The molecular formula is C16H17N3O5. The van der Waals surface area contributed by atoms with Gasteiger partial charge in [-0.25, -0.2) is 4.79 Å². The highest BCUT2D eigenvalue weighted by atomic mass is 16.5. The molecule has 0 saturated carbocycles. The molecule has 0 amide bonds. The van der Waals surface area contributed by atoms with Crippen molar-refractivity contribution in [3.63, 3.8) is 0 Å². The van der Waals surface area contributed by atoms with Crippen LogP contribution in [0.2, 0.25) is 0 Å². The Labute approximate surface area is 137 Å². The molecule has 1 fully saturated rings. The molecule has 0 atom stereocenters. The summed E-state index contributed by atoms with van der Waals surface area (Å²) in [6.45, 7) is 1.33. The Balaban J connectivity index is 2.10. The second-order valence-electron chi connectivity index (χ2n) is 5.53. The number of aromatic carboxylic acids is 1. The topological polar surface area (TPSA) is 115 Å². The lowest BCUT2D eigenvalue weighted by molar-refractivity contribution is 0.0695. The van der Waals surface area contributed by atoms with Gasteiger partial charge in [-0.1, -0.05) is 5.16 Å². The summed E-state index contributed by atoms with van der Waals surface area (Å²) < 4.78 is 5.48. The number of nitrogens with one attached hydrogen (secondary N) is 1. The van der Waals surface area contributed by atoms with Crippen LogP contribution in [-0.2, 0) is 0 Å². The number of hydrogen-bond acceptors (Lipinski definition) is 6. The van der Waals surface area contributed by atoms with Crippen LogP contribution in [0.15, 0.2) is 28.3 Å². The number of pyridine rings is 1. The number of fused-ring (bicyclic) bond motifs is 1. The number of ether oxygens (including phenoxy) is 1. The fourth-order valence-electron chi connectivity index (χ4n) is 2.98. The van der Waals surface area contributed by atoms with Gasteiger partial charge in [-0.3, -0.25) is 4.79 Å². The summed E-state index contributed by atoms with van der Waals surface area (Å²) in [5.74, 6) is -0.779. The van der Waals surface area contributed by atoms with Crippen LogP contribution in [0.3, 0.4) is 0 Å². The van der Waals surface area contributed by atoms with Crippen LogP contribution in [0.1, 0.15) is 23.2 Å². The number of oxime groups is 1. The van der Waals surface area contributed by atoms with Crippen LogP contribution in [0.4, 0.5) is 5.69 Å². The van der Waals surface area contributed by atoms with Gasteiger partial charge in [0.1, 0.15) is 5.56 Å². The third kappa shape index (κ3) is 2.55. The summed E-state index contributed by atoms with van der Waals surface area (Å²) in [6.07, 6.45) is 2.48. The zero-order valence-corrected chi connectivity index (χ0v) is 13.1. The van der Waals surface area contributed by atoms with Crippen LogP contribution < -0.4 is 15.1 Å². The minimum Gasteiger partial charge on any atom is -0.492 e. The fourth-order valence-corrected chi connectivity index (χ4v) is 2.98. The van der Waals surface area contributed by atoms with Crippen LogP contribution >= 0.6 is 0 Å². The van der Waals surface area contributed by atoms with Crippen molar-refractivity contribution < 1.29 is 19.8 Å². The number of methoxy groups -OCH3 is 1. The smallest absolute Gasteiger partial charge is 0.341 e. The molecule has 0 bridgehead atoms. The van der Waals surface area contributed by atoms with Gasteiger partial charge in [0.05, 0.1) is 29.4 Å². The van der Waals surface area contributed by atoms with Gasteiger partial charge in [-0.15, -0.1) is 0 Å². The van der Waals surface area contributed by atoms with E-state index < -0.39 is 11.4 Å². The average molecular weight is 331 g/mol. The van der Waals surface area contributed by atoms with E-state index in [4.69, 9.17) is 15.1 Å². The summed E-state index contributed by atoms with van der Waals surface area (Å²) in [5.41, 5.74) is 1.17. The van der Waals surface area contributed by atoms with Gasteiger partial charge in [-0.2, -0.15) is 0 Å². The molecule has 1 aliphatic heterocycles. The van der Waals surface area contributed by atoms with Gasteiger partial charge in [0.25, 0.3) is 0 Å². The highest BCUT2D eigenvalue weighted by Gasteiger charge is 2.22. The normalized spacial score (nSPS) is 14.7.